The molecule has 7 heteroatoms. The Morgan fingerprint density at radius 3 is 2.26 bits per heavy atom. The van der Waals surface area contributed by atoms with Gasteiger partial charge in [-0.1, -0.05) is 0 Å². The van der Waals surface area contributed by atoms with Crippen LogP contribution >= 0.6 is 0 Å². The molecule has 0 aliphatic heterocycles. The van der Waals surface area contributed by atoms with Crippen LogP contribution in [0.15, 0.2) is 12.1 Å². The monoisotopic (exact) mass is 271 g/mol. The normalized spacial score (nSPS) is 11.8. The van der Waals surface area contributed by atoms with E-state index in [4.69, 9.17) is 5.73 Å². The van der Waals surface area contributed by atoms with Gasteiger partial charge < -0.3 is 16.4 Å². The second-order valence-corrected chi connectivity index (χ2v) is 3.94. The number of halogens is 2. The molecule has 4 N–H and O–H groups in total. The third kappa shape index (κ3) is 3.64. The zero-order valence-corrected chi connectivity index (χ0v) is 10.6. The van der Waals surface area contributed by atoms with E-state index in [0.29, 0.717) is 6.54 Å². The lowest BCUT2D eigenvalue weighted by Gasteiger charge is -2.12. The third-order valence-electron chi connectivity index (χ3n) is 2.43. The van der Waals surface area contributed by atoms with Crippen LogP contribution in [-0.4, -0.2) is 24.4 Å². The minimum atomic E-state index is -0.924. The Hall–Kier alpha value is -2.18. The van der Waals surface area contributed by atoms with E-state index in [1.165, 1.54) is 6.92 Å². The molecule has 0 aliphatic rings. The van der Waals surface area contributed by atoms with Gasteiger partial charge >= 0.3 is 0 Å². The van der Waals surface area contributed by atoms with Gasteiger partial charge in [0.2, 0.25) is 5.91 Å². The standard InChI is InChI=1S/C12H15F2N3O2/c1-3-16-10-8(13)4-7(5-9(10)14)12(19)17-6(2)11(15)18/h4-6,16H,3H2,1-2H3,(H2,15,18)(H,17,19). The summed E-state index contributed by atoms with van der Waals surface area (Å²) in [7, 11) is 0. The van der Waals surface area contributed by atoms with E-state index in [2.05, 4.69) is 10.6 Å². The van der Waals surface area contributed by atoms with Crippen molar-refractivity contribution in [2.24, 2.45) is 5.73 Å². The summed E-state index contributed by atoms with van der Waals surface area (Å²) in [4.78, 5) is 22.4. The van der Waals surface area contributed by atoms with Crippen LogP contribution in [0.1, 0.15) is 24.2 Å². The van der Waals surface area contributed by atoms with E-state index in [1.807, 2.05) is 0 Å². The van der Waals surface area contributed by atoms with Gasteiger partial charge in [0.25, 0.3) is 5.91 Å². The van der Waals surface area contributed by atoms with Gasteiger partial charge in [0, 0.05) is 12.1 Å². The Morgan fingerprint density at radius 2 is 1.84 bits per heavy atom. The maximum Gasteiger partial charge on any atom is 0.252 e. The molecule has 104 valence electrons. The maximum absolute atomic E-state index is 13.6. The number of anilines is 1. The van der Waals surface area contributed by atoms with Crippen LogP contribution < -0.4 is 16.4 Å². The lowest BCUT2D eigenvalue weighted by atomic mass is 10.1. The van der Waals surface area contributed by atoms with Gasteiger partial charge in [-0.25, -0.2) is 8.78 Å². The fraction of sp³-hybridized carbons (Fsp3) is 0.333. The Balaban J connectivity index is 2.96. The highest BCUT2D eigenvalue weighted by molar-refractivity contribution is 5.97. The van der Waals surface area contributed by atoms with Crippen molar-refractivity contribution in [2.75, 3.05) is 11.9 Å². The van der Waals surface area contributed by atoms with Gasteiger partial charge in [0.05, 0.1) is 0 Å². The Bertz CT molecular complexity index is 483. The summed E-state index contributed by atoms with van der Waals surface area (Å²) in [5.74, 6) is -3.26. The van der Waals surface area contributed by atoms with Gasteiger partial charge in [-0.2, -0.15) is 0 Å². The average molecular weight is 271 g/mol. The Labute approximate surface area is 109 Å². The molecule has 1 aromatic carbocycles. The molecule has 0 saturated heterocycles. The van der Waals surface area contributed by atoms with Gasteiger partial charge in [0.15, 0.2) is 0 Å². The highest BCUT2D eigenvalue weighted by atomic mass is 19.1. The summed E-state index contributed by atoms with van der Waals surface area (Å²) in [6.45, 7) is 3.41. The van der Waals surface area contributed by atoms with Gasteiger partial charge in [-0.3, -0.25) is 9.59 Å². The number of hydrogen-bond acceptors (Lipinski definition) is 3. The van der Waals surface area contributed by atoms with Crippen molar-refractivity contribution in [3.8, 4) is 0 Å². The third-order valence-corrected chi connectivity index (χ3v) is 2.43. The van der Waals surface area contributed by atoms with Gasteiger partial charge in [-0.15, -0.1) is 0 Å². The number of nitrogens with one attached hydrogen (secondary N) is 2. The molecule has 1 aromatic rings. The number of carbonyl (C=O) groups is 2. The van der Waals surface area contributed by atoms with E-state index in [1.54, 1.807) is 6.92 Å². The molecular formula is C12H15F2N3O2. The predicted molar refractivity (Wildman–Crippen MR) is 66.6 cm³/mol. The first-order valence-corrected chi connectivity index (χ1v) is 5.69. The Kier molecular flexibility index (Phi) is 4.80. The number of benzene rings is 1. The van der Waals surface area contributed by atoms with Crippen LogP contribution in [0, 0.1) is 11.6 Å². The molecule has 0 radical (unpaired) electrons. The molecule has 0 bridgehead atoms. The number of hydrogen-bond donors (Lipinski definition) is 3. The van der Waals surface area contributed by atoms with Crippen LogP contribution in [0.25, 0.3) is 0 Å². The fourth-order valence-electron chi connectivity index (χ4n) is 1.40. The molecule has 0 spiro atoms. The van der Waals surface area contributed by atoms with Crippen molar-refractivity contribution in [1.82, 2.24) is 5.32 Å². The summed E-state index contributed by atoms with van der Waals surface area (Å²) in [6, 6.07) is 0.862. The summed E-state index contributed by atoms with van der Waals surface area (Å²) in [5.41, 5.74) is 4.47. The molecular weight excluding hydrogens is 256 g/mol. The molecule has 0 fully saturated rings. The molecule has 0 heterocycles. The lowest BCUT2D eigenvalue weighted by molar-refractivity contribution is -0.119. The molecule has 1 rings (SSSR count). The van der Waals surface area contributed by atoms with Crippen molar-refractivity contribution in [3.63, 3.8) is 0 Å². The smallest absolute Gasteiger partial charge is 0.252 e. The SMILES string of the molecule is CCNc1c(F)cc(C(=O)NC(C)C(N)=O)cc1F. The number of nitrogens with two attached hydrogens (primary N) is 1. The molecule has 0 saturated carbocycles. The molecule has 5 nitrogen and oxygen atoms in total. The molecule has 2 amide bonds. The summed E-state index contributed by atoms with van der Waals surface area (Å²) < 4.78 is 27.2. The maximum atomic E-state index is 13.6. The number of amides is 2. The van der Waals surface area contributed by atoms with Crippen LogP contribution in [-0.2, 0) is 4.79 Å². The first kappa shape index (κ1) is 14.9. The second-order valence-electron chi connectivity index (χ2n) is 3.94. The van der Waals surface area contributed by atoms with Crippen molar-refractivity contribution in [1.29, 1.82) is 0 Å². The number of primary amides is 1. The van der Waals surface area contributed by atoms with Crippen LogP contribution in [0.2, 0.25) is 0 Å². The quantitative estimate of drug-likeness (QED) is 0.747. The molecule has 1 atom stereocenters. The van der Waals surface area contributed by atoms with E-state index in [-0.39, 0.29) is 11.3 Å². The lowest BCUT2D eigenvalue weighted by Crippen LogP contribution is -2.42. The van der Waals surface area contributed by atoms with E-state index in [0.717, 1.165) is 12.1 Å². The van der Waals surface area contributed by atoms with Crippen molar-refractivity contribution < 1.29 is 18.4 Å². The zero-order chi connectivity index (χ0) is 14.6. The topological polar surface area (TPSA) is 84.2 Å². The van der Waals surface area contributed by atoms with Gasteiger partial charge in [-0.05, 0) is 26.0 Å². The minimum absolute atomic E-state index is 0.218. The first-order valence-electron chi connectivity index (χ1n) is 5.69. The predicted octanol–water partition coefficient (Wildman–Crippen LogP) is 1.00. The highest BCUT2D eigenvalue weighted by Crippen LogP contribution is 2.20. The van der Waals surface area contributed by atoms with Crippen molar-refractivity contribution in [3.05, 3.63) is 29.3 Å². The van der Waals surface area contributed by atoms with Crippen molar-refractivity contribution in [2.45, 2.75) is 19.9 Å². The van der Waals surface area contributed by atoms with Crippen LogP contribution in [0.4, 0.5) is 14.5 Å². The zero-order valence-electron chi connectivity index (χ0n) is 10.6. The van der Waals surface area contributed by atoms with Gasteiger partial charge in [0.1, 0.15) is 23.4 Å². The summed E-state index contributed by atoms with van der Waals surface area (Å²) in [5, 5.41) is 4.75. The van der Waals surface area contributed by atoms with Crippen LogP contribution in [0.3, 0.4) is 0 Å². The largest absolute Gasteiger partial charge is 0.381 e. The fourth-order valence-corrected chi connectivity index (χ4v) is 1.40. The number of rotatable bonds is 5. The summed E-state index contributed by atoms with van der Waals surface area (Å²) >= 11 is 0. The minimum Gasteiger partial charge on any atom is -0.381 e. The highest BCUT2D eigenvalue weighted by Gasteiger charge is 2.17. The van der Waals surface area contributed by atoms with E-state index >= 15 is 0 Å². The average Bonchev–Trinajstić information content (AvgIpc) is 2.33. The Morgan fingerprint density at radius 1 is 1.32 bits per heavy atom. The summed E-state index contributed by atoms with van der Waals surface area (Å²) in [6.07, 6.45) is 0. The molecule has 0 aromatic heterocycles. The van der Waals surface area contributed by atoms with Crippen molar-refractivity contribution >= 4 is 17.5 Å². The molecule has 19 heavy (non-hydrogen) atoms. The second kappa shape index (κ2) is 6.12. The van der Waals surface area contributed by atoms with E-state index < -0.39 is 29.5 Å². The molecule has 0 aliphatic carbocycles. The molecule has 1 unspecified atom stereocenters. The van der Waals surface area contributed by atoms with E-state index in [9.17, 15) is 18.4 Å². The first-order chi connectivity index (χ1) is 8.86. The number of carbonyl (C=O) groups excluding carboxylic acids is 2. The van der Waals surface area contributed by atoms with Crippen LogP contribution in [0.5, 0.6) is 0 Å².